The molecule has 1 heterocycles. The van der Waals surface area contributed by atoms with Crippen molar-refractivity contribution < 1.29 is 0 Å². The summed E-state index contributed by atoms with van der Waals surface area (Å²) in [7, 11) is 0. The smallest absolute Gasteiger partial charge is 0.0378 e. The first-order chi connectivity index (χ1) is 7.79. The van der Waals surface area contributed by atoms with Crippen LogP contribution in [0.25, 0.3) is 0 Å². The minimum atomic E-state index is 0.761. The van der Waals surface area contributed by atoms with E-state index < -0.39 is 0 Å². The summed E-state index contributed by atoms with van der Waals surface area (Å²) < 4.78 is 1.15. The molecule has 0 unspecified atom stereocenters. The topological polar surface area (TPSA) is 32.5 Å². The Balaban J connectivity index is 1.94. The van der Waals surface area contributed by atoms with Gasteiger partial charge in [-0.05, 0) is 18.2 Å². The van der Waals surface area contributed by atoms with Crippen molar-refractivity contribution >= 4 is 21.6 Å². The number of piperazine rings is 1. The van der Waals surface area contributed by atoms with Gasteiger partial charge < -0.3 is 10.6 Å². The summed E-state index contributed by atoms with van der Waals surface area (Å²) in [5.41, 5.74) is 6.87. The van der Waals surface area contributed by atoms with Gasteiger partial charge in [0.05, 0.1) is 0 Å². The Bertz CT molecular complexity index is 335. The quantitative estimate of drug-likeness (QED) is 0.913. The van der Waals surface area contributed by atoms with Crippen LogP contribution < -0.4 is 10.6 Å². The molecular formula is C12H18BrN3. The summed E-state index contributed by atoms with van der Waals surface area (Å²) in [5.74, 6) is 0. The standard InChI is InChI=1S/C12H18BrN3/c13-11-2-1-3-12(10-11)16-8-6-15(5-4-14)7-9-16/h1-3,10H,4-9,14H2. The molecule has 1 aliphatic rings. The number of benzene rings is 1. The van der Waals surface area contributed by atoms with Crippen LogP contribution in [-0.4, -0.2) is 44.2 Å². The summed E-state index contributed by atoms with van der Waals surface area (Å²) in [6, 6.07) is 8.50. The van der Waals surface area contributed by atoms with Crippen LogP contribution in [0.1, 0.15) is 0 Å². The van der Waals surface area contributed by atoms with Crippen LogP contribution >= 0.6 is 15.9 Å². The molecule has 0 aliphatic carbocycles. The fourth-order valence-electron chi connectivity index (χ4n) is 2.09. The molecule has 4 heteroatoms. The summed E-state index contributed by atoms with van der Waals surface area (Å²) in [6.45, 7) is 6.20. The minimum absolute atomic E-state index is 0.761. The molecule has 2 N–H and O–H groups in total. The molecule has 3 nitrogen and oxygen atoms in total. The maximum atomic E-state index is 5.56. The molecule has 88 valence electrons. The van der Waals surface area contributed by atoms with Gasteiger partial charge in [0.2, 0.25) is 0 Å². The van der Waals surface area contributed by atoms with Gasteiger partial charge in [-0.15, -0.1) is 0 Å². The third-order valence-corrected chi connectivity index (χ3v) is 3.48. The van der Waals surface area contributed by atoms with Crippen LogP contribution in [0.15, 0.2) is 28.7 Å². The summed E-state index contributed by atoms with van der Waals surface area (Å²) in [4.78, 5) is 4.85. The molecule has 0 saturated carbocycles. The maximum absolute atomic E-state index is 5.56. The number of nitrogens with zero attached hydrogens (tertiary/aromatic N) is 2. The minimum Gasteiger partial charge on any atom is -0.369 e. The molecule has 1 aromatic carbocycles. The third-order valence-electron chi connectivity index (χ3n) is 2.99. The van der Waals surface area contributed by atoms with E-state index in [0.29, 0.717) is 0 Å². The number of halogens is 1. The average molecular weight is 284 g/mol. The van der Waals surface area contributed by atoms with Gasteiger partial charge in [-0.1, -0.05) is 22.0 Å². The third kappa shape index (κ3) is 2.97. The Morgan fingerprint density at radius 1 is 1.19 bits per heavy atom. The molecule has 0 amide bonds. The lowest BCUT2D eigenvalue weighted by Gasteiger charge is -2.36. The second-order valence-electron chi connectivity index (χ2n) is 4.10. The Hall–Kier alpha value is -0.580. The molecule has 1 aromatic rings. The van der Waals surface area contributed by atoms with E-state index in [1.54, 1.807) is 0 Å². The first kappa shape index (κ1) is 11.9. The highest BCUT2D eigenvalue weighted by atomic mass is 79.9. The Labute approximate surface area is 105 Å². The predicted molar refractivity (Wildman–Crippen MR) is 71.8 cm³/mol. The van der Waals surface area contributed by atoms with Crippen molar-refractivity contribution in [1.29, 1.82) is 0 Å². The monoisotopic (exact) mass is 283 g/mol. The lowest BCUT2D eigenvalue weighted by atomic mass is 10.2. The highest BCUT2D eigenvalue weighted by Crippen LogP contribution is 2.20. The zero-order valence-electron chi connectivity index (χ0n) is 9.40. The van der Waals surface area contributed by atoms with E-state index in [1.807, 2.05) is 0 Å². The molecular weight excluding hydrogens is 266 g/mol. The van der Waals surface area contributed by atoms with Crippen LogP contribution in [0.5, 0.6) is 0 Å². The molecule has 1 saturated heterocycles. The van der Waals surface area contributed by atoms with Crippen molar-refractivity contribution in [3.63, 3.8) is 0 Å². The van der Waals surface area contributed by atoms with Crippen molar-refractivity contribution in [2.75, 3.05) is 44.2 Å². The van der Waals surface area contributed by atoms with Crippen LogP contribution in [0.2, 0.25) is 0 Å². The predicted octanol–water partition coefficient (Wildman–Crippen LogP) is 1.53. The molecule has 1 aliphatic heterocycles. The van der Waals surface area contributed by atoms with Crippen molar-refractivity contribution in [2.45, 2.75) is 0 Å². The lowest BCUT2D eigenvalue weighted by molar-refractivity contribution is 0.265. The van der Waals surface area contributed by atoms with Gasteiger partial charge in [0.15, 0.2) is 0 Å². The van der Waals surface area contributed by atoms with Crippen LogP contribution in [0, 0.1) is 0 Å². The lowest BCUT2D eigenvalue weighted by Crippen LogP contribution is -2.47. The van der Waals surface area contributed by atoms with Gasteiger partial charge in [0, 0.05) is 49.4 Å². The van der Waals surface area contributed by atoms with Crippen LogP contribution in [-0.2, 0) is 0 Å². The van der Waals surface area contributed by atoms with Crippen LogP contribution in [0.4, 0.5) is 5.69 Å². The number of anilines is 1. The number of hydrogen-bond acceptors (Lipinski definition) is 3. The van der Waals surface area contributed by atoms with E-state index in [9.17, 15) is 0 Å². The first-order valence-corrected chi connectivity index (χ1v) is 6.52. The van der Waals surface area contributed by atoms with Gasteiger partial charge in [0.25, 0.3) is 0 Å². The van der Waals surface area contributed by atoms with Crippen molar-refractivity contribution in [1.82, 2.24) is 4.90 Å². The fourth-order valence-corrected chi connectivity index (χ4v) is 2.47. The van der Waals surface area contributed by atoms with E-state index in [1.165, 1.54) is 5.69 Å². The first-order valence-electron chi connectivity index (χ1n) is 5.72. The van der Waals surface area contributed by atoms with E-state index >= 15 is 0 Å². The number of rotatable bonds is 3. The van der Waals surface area contributed by atoms with E-state index in [-0.39, 0.29) is 0 Å². The van der Waals surface area contributed by atoms with Gasteiger partial charge >= 0.3 is 0 Å². The fraction of sp³-hybridized carbons (Fsp3) is 0.500. The molecule has 2 rings (SSSR count). The maximum Gasteiger partial charge on any atom is 0.0378 e. The molecule has 0 radical (unpaired) electrons. The van der Waals surface area contributed by atoms with Crippen molar-refractivity contribution in [2.24, 2.45) is 5.73 Å². The Morgan fingerprint density at radius 2 is 1.94 bits per heavy atom. The highest BCUT2D eigenvalue weighted by molar-refractivity contribution is 9.10. The van der Waals surface area contributed by atoms with Gasteiger partial charge in [-0.3, -0.25) is 4.90 Å². The molecule has 0 spiro atoms. The van der Waals surface area contributed by atoms with E-state index in [2.05, 4.69) is 50.0 Å². The highest BCUT2D eigenvalue weighted by Gasteiger charge is 2.16. The van der Waals surface area contributed by atoms with Crippen molar-refractivity contribution in [3.8, 4) is 0 Å². The molecule has 16 heavy (non-hydrogen) atoms. The zero-order chi connectivity index (χ0) is 11.4. The largest absolute Gasteiger partial charge is 0.369 e. The molecule has 1 fully saturated rings. The second kappa shape index (κ2) is 5.66. The second-order valence-corrected chi connectivity index (χ2v) is 5.01. The summed E-state index contributed by atoms with van der Waals surface area (Å²) >= 11 is 3.51. The van der Waals surface area contributed by atoms with Crippen molar-refractivity contribution in [3.05, 3.63) is 28.7 Å². The molecule has 0 bridgehead atoms. The van der Waals surface area contributed by atoms with Gasteiger partial charge in [-0.2, -0.15) is 0 Å². The zero-order valence-corrected chi connectivity index (χ0v) is 11.0. The Morgan fingerprint density at radius 3 is 2.56 bits per heavy atom. The Kier molecular flexibility index (Phi) is 4.21. The SMILES string of the molecule is NCCN1CCN(c2cccc(Br)c2)CC1. The average Bonchev–Trinajstić information content (AvgIpc) is 2.30. The normalized spacial score (nSPS) is 17.8. The molecule has 0 aromatic heterocycles. The number of nitrogens with two attached hydrogens (primary N) is 1. The van der Waals surface area contributed by atoms with E-state index in [0.717, 1.165) is 43.7 Å². The molecule has 0 atom stereocenters. The van der Waals surface area contributed by atoms with Gasteiger partial charge in [-0.25, -0.2) is 0 Å². The van der Waals surface area contributed by atoms with Gasteiger partial charge in [0.1, 0.15) is 0 Å². The summed E-state index contributed by atoms with van der Waals surface area (Å²) in [5, 5.41) is 0. The summed E-state index contributed by atoms with van der Waals surface area (Å²) in [6.07, 6.45) is 0. The van der Waals surface area contributed by atoms with Crippen LogP contribution in [0.3, 0.4) is 0 Å². The van der Waals surface area contributed by atoms with E-state index in [4.69, 9.17) is 5.73 Å². The number of hydrogen-bond donors (Lipinski definition) is 1.